The minimum atomic E-state index is -1.52. The molecule has 0 bridgehead atoms. The molecule has 1 unspecified atom stereocenters. The number of likely N-dealkylation sites (tertiary alicyclic amines) is 1. The van der Waals surface area contributed by atoms with Crippen LogP contribution >= 0.6 is 0 Å². The summed E-state index contributed by atoms with van der Waals surface area (Å²) in [5.41, 5.74) is 1.02. The van der Waals surface area contributed by atoms with Crippen molar-refractivity contribution in [3.63, 3.8) is 0 Å². The maximum absolute atomic E-state index is 13.5. The summed E-state index contributed by atoms with van der Waals surface area (Å²) in [6.07, 6.45) is 0.862. The van der Waals surface area contributed by atoms with E-state index in [2.05, 4.69) is 10.6 Å². The molecule has 2 saturated heterocycles. The second-order valence-corrected chi connectivity index (χ2v) is 9.44. The number of halogens is 1. The molecule has 2 aromatic rings. The quantitative estimate of drug-likeness (QED) is 0.567. The molecule has 3 N–H and O–H groups in total. The van der Waals surface area contributed by atoms with Gasteiger partial charge in [-0.15, -0.1) is 0 Å². The Hall–Kier alpha value is -3.99. The molecule has 10 nitrogen and oxygen atoms in total. The molecule has 3 atom stereocenters. The summed E-state index contributed by atoms with van der Waals surface area (Å²) < 4.78 is 19.1. The zero-order chi connectivity index (χ0) is 26.3. The number of nitrogens with one attached hydrogen (secondary N) is 2. The van der Waals surface area contributed by atoms with Crippen LogP contribution in [0.2, 0.25) is 0 Å². The van der Waals surface area contributed by atoms with Gasteiger partial charge in [0, 0.05) is 24.7 Å². The number of nitrogens with zero attached hydrogens (tertiary/aromatic N) is 2. The fourth-order valence-corrected chi connectivity index (χ4v) is 5.59. The van der Waals surface area contributed by atoms with E-state index in [9.17, 15) is 28.7 Å². The summed E-state index contributed by atoms with van der Waals surface area (Å²) in [6.45, 7) is -0.801. The monoisotopic (exact) mass is 510 g/mol. The highest BCUT2D eigenvalue weighted by Gasteiger charge is 2.58. The molecule has 11 heteroatoms. The number of aliphatic hydroxyl groups is 1. The van der Waals surface area contributed by atoms with E-state index in [4.69, 9.17) is 4.74 Å². The highest BCUT2D eigenvalue weighted by molar-refractivity contribution is 6.06. The number of urea groups is 1. The molecule has 5 rings (SSSR count). The number of carbonyl (C=O) groups excluding carboxylic acids is 4. The SMILES string of the molecule is CNC(=O)Nc1ccc2c(c1)CC[C@@]21OC(=O)N(CC(=O)N2C(CO)CC[C@@H]2c2ccc(F)cc2)C1=O. The predicted molar refractivity (Wildman–Crippen MR) is 129 cm³/mol. The van der Waals surface area contributed by atoms with Crippen LogP contribution in [0.3, 0.4) is 0 Å². The molecule has 0 saturated carbocycles. The molecule has 194 valence electrons. The Morgan fingerprint density at radius 3 is 2.62 bits per heavy atom. The van der Waals surface area contributed by atoms with Crippen molar-refractivity contribution in [3.05, 3.63) is 65.0 Å². The summed E-state index contributed by atoms with van der Waals surface area (Å²) >= 11 is 0. The molecule has 1 aliphatic carbocycles. The highest BCUT2D eigenvalue weighted by Crippen LogP contribution is 2.46. The standard InChI is InChI=1S/C26H27FN4O6/c1-28-24(35)29-18-6-8-20-16(12-18)10-11-26(20)23(34)30(25(36)37-26)13-22(33)31-19(14-32)7-9-21(31)15-2-4-17(27)5-3-15/h2-6,8,12,19,21,32H,7,9-11,13-14H2,1H3,(H2,28,29,35)/t19?,21-,26-/m1/s1. The summed E-state index contributed by atoms with van der Waals surface area (Å²) in [7, 11) is 1.50. The number of hydrogen-bond acceptors (Lipinski definition) is 6. The van der Waals surface area contributed by atoms with Gasteiger partial charge in [-0.25, -0.2) is 18.9 Å². The van der Waals surface area contributed by atoms with Crippen LogP contribution in [-0.2, 0) is 26.3 Å². The first-order valence-electron chi connectivity index (χ1n) is 12.1. The number of benzene rings is 2. The average molecular weight is 511 g/mol. The number of amides is 5. The van der Waals surface area contributed by atoms with Crippen molar-refractivity contribution in [3.8, 4) is 0 Å². The second kappa shape index (κ2) is 9.47. The molecule has 2 fully saturated rings. The van der Waals surface area contributed by atoms with Crippen molar-refractivity contribution in [2.45, 2.75) is 43.4 Å². The Labute approximate surface area is 212 Å². The van der Waals surface area contributed by atoms with Crippen molar-refractivity contribution < 1.29 is 33.4 Å². The van der Waals surface area contributed by atoms with E-state index < -0.39 is 48.0 Å². The molecule has 2 aliphatic heterocycles. The Morgan fingerprint density at radius 2 is 1.92 bits per heavy atom. The maximum atomic E-state index is 13.5. The van der Waals surface area contributed by atoms with Gasteiger partial charge in [0.05, 0.1) is 18.7 Å². The van der Waals surface area contributed by atoms with Gasteiger partial charge in [0.2, 0.25) is 11.5 Å². The molecule has 0 radical (unpaired) electrons. The van der Waals surface area contributed by atoms with Gasteiger partial charge in [-0.1, -0.05) is 18.2 Å². The third-order valence-electron chi connectivity index (χ3n) is 7.39. The molecule has 37 heavy (non-hydrogen) atoms. The van der Waals surface area contributed by atoms with E-state index in [1.165, 1.54) is 24.1 Å². The van der Waals surface area contributed by atoms with Crippen LogP contribution in [0.5, 0.6) is 0 Å². The van der Waals surface area contributed by atoms with E-state index in [-0.39, 0.29) is 19.1 Å². The third kappa shape index (κ3) is 4.18. The number of hydrogen-bond donors (Lipinski definition) is 3. The minimum Gasteiger partial charge on any atom is -0.427 e. The van der Waals surface area contributed by atoms with Gasteiger partial charge in [0.25, 0.3) is 5.91 Å². The summed E-state index contributed by atoms with van der Waals surface area (Å²) in [6, 6.07) is 9.52. The summed E-state index contributed by atoms with van der Waals surface area (Å²) in [5.74, 6) is -1.52. The smallest absolute Gasteiger partial charge is 0.418 e. The third-order valence-corrected chi connectivity index (χ3v) is 7.39. The fraction of sp³-hybridized carbons (Fsp3) is 0.385. The summed E-state index contributed by atoms with van der Waals surface area (Å²) in [4.78, 5) is 53.8. The first-order chi connectivity index (χ1) is 17.8. The highest BCUT2D eigenvalue weighted by atomic mass is 19.1. The van der Waals surface area contributed by atoms with E-state index in [0.717, 1.165) is 10.5 Å². The van der Waals surface area contributed by atoms with Gasteiger partial charge in [0.1, 0.15) is 12.4 Å². The second-order valence-electron chi connectivity index (χ2n) is 9.44. The van der Waals surface area contributed by atoms with Crippen molar-refractivity contribution in [1.29, 1.82) is 0 Å². The van der Waals surface area contributed by atoms with E-state index in [1.807, 2.05) is 0 Å². The number of fused-ring (bicyclic) bond motifs is 2. The maximum Gasteiger partial charge on any atom is 0.418 e. The van der Waals surface area contributed by atoms with Gasteiger partial charge in [-0.3, -0.25) is 9.59 Å². The average Bonchev–Trinajstić information content (AvgIpc) is 3.55. The van der Waals surface area contributed by atoms with Crippen LogP contribution in [-0.4, -0.2) is 65.1 Å². The van der Waals surface area contributed by atoms with Crippen molar-refractivity contribution in [2.75, 3.05) is 25.5 Å². The minimum absolute atomic E-state index is 0.224. The Balaban J connectivity index is 1.36. The van der Waals surface area contributed by atoms with Crippen molar-refractivity contribution in [2.24, 2.45) is 0 Å². The normalized spacial score (nSPS) is 24.4. The number of aryl methyl sites for hydroxylation is 1. The van der Waals surface area contributed by atoms with E-state index >= 15 is 0 Å². The van der Waals surface area contributed by atoms with E-state index in [1.54, 1.807) is 30.3 Å². The van der Waals surface area contributed by atoms with Crippen LogP contribution < -0.4 is 10.6 Å². The van der Waals surface area contributed by atoms with Crippen LogP contribution in [0.25, 0.3) is 0 Å². The van der Waals surface area contributed by atoms with E-state index in [0.29, 0.717) is 36.1 Å². The van der Waals surface area contributed by atoms with Crippen LogP contribution in [0.15, 0.2) is 42.5 Å². The lowest BCUT2D eigenvalue weighted by molar-refractivity contribution is -0.143. The molecular weight excluding hydrogens is 483 g/mol. The van der Waals surface area contributed by atoms with Crippen LogP contribution in [0, 0.1) is 5.82 Å². The Morgan fingerprint density at radius 1 is 1.16 bits per heavy atom. The van der Waals surface area contributed by atoms with Gasteiger partial charge in [-0.05, 0) is 54.7 Å². The Kier molecular flexibility index (Phi) is 6.32. The zero-order valence-corrected chi connectivity index (χ0v) is 20.2. The predicted octanol–water partition coefficient (Wildman–Crippen LogP) is 2.42. The van der Waals surface area contributed by atoms with Gasteiger partial charge >= 0.3 is 12.1 Å². The number of carbonyl (C=O) groups is 4. The molecule has 2 heterocycles. The largest absolute Gasteiger partial charge is 0.427 e. The number of imide groups is 1. The van der Waals surface area contributed by atoms with Crippen LogP contribution in [0.1, 0.15) is 42.0 Å². The van der Waals surface area contributed by atoms with Gasteiger partial charge in [-0.2, -0.15) is 0 Å². The lowest BCUT2D eigenvalue weighted by Crippen LogP contribution is -2.47. The number of ether oxygens (including phenoxy) is 1. The lowest BCUT2D eigenvalue weighted by Gasteiger charge is -2.31. The lowest BCUT2D eigenvalue weighted by atomic mass is 9.94. The molecular formula is C26H27FN4O6. The molecule has 3 aliphatic rings. The van der Waals surface area contributed by atoms with Gasteiger partial charge in [0.15, 0.2) is 0 Å². The molecule has 5 amide bonds. The Bertz CT molecular complexity index is 1270. The number of rotatable bonds is 5. The number of anilines is 1. The topological polar surface area (TPSA) is 128 Å². The fourth-order valence-electron chi connectivity index (χ4n) is 5.59. The molecule has 1 spiro atoms. The van der Waals surface area contributed by atoms with Crippen LogP contribution in [0.4, 0.5) is 19.7 Å². The molecule has 2 aromatic carbocycles. The first kappa shape index (κ1) is 24.7. The number of aliphatic hydroxyl groups excluding tert-OH is 1. The van der Waals surface area contributed by atoms with Crippen molar-refractivity contribution in [1.82, 2.24) is 15.1 Å². The first-order valence-corrected chi connectivity index (χ1v) is 12.1. The molecule has 0 aromatic heterocycles. The zero-order valence-electron chi connectivity index (χ0n) is 20.2. The summed E-state index contributed by atoms with van der Waals surface area (Å²) in [5, 5.41) is 15.0. The van der Waals surface area contributed by atoms with Crippen molar-refractivity contribution >= 4 is 29.6 Å². The van der Waals surface area contributed by atoms with Gasteiger partial charge < -0.3 is 25.4 Å².